The molecule has 182 valence electrons. The number of pyridine rings is 1. The summed E-state index contributed by atoms with van der Waals surface area (Å²) in [5.74, 6) is 0.292. The van der Waals surface area contributed by atoms with Crippen molar-refractivity contribution in [3.63, 3.8) is 0 Å². The highest BCUT2D eigenvalue weighted by molar-refractivity contribution is 5.89. The molecule has 4 heterocycles. The van der Waals surface area contributed by atoms with Crippen LogP contribution in [0.25, 0.3) is 22.6 Å². The Morgan fingerprint density at radius 1 is 1.09 bits per heavy atom. The number of fused-ring (bicyclic) bond motifs is 1. The standard InChI is InChI=1S/C24H25F3N8/c25-18-6-2-1-4-15(18)13-35-24-17(5-3-9-29-24)21(33-35)23-30-12-19(22(28)32-23)31-16-7-10-34(11-8-16)14-20(26)27/h1-6,9,12,16,20,31H,7-8,10-11,13-14H2,(H2,28,30,32). The number of nitrogens with zero attached hydrogens (tertiary/aromatic N) is 6. The Morgan fingerprint density at radius 3 is 2.63 bits per heavy atom. The van der Waals surface area contributed by atoms with Gasteiger partial charge in [0.05, 0.1) is 30.4 Å². The van der Waals surface area contributed by atoms with E-state index in [1.165, 1.54) is 6.07 Å². The van der Waals surface area contributed by atoms with E-state index >= 15 is 0 Å². The highest BCUT2D eigenvalue weighted by Gasteiger charge is 2.23. The van der Waals surface area contributed by atoms with E-state index in [0.717, 1.165) is 18.2 Å². The van der Waals surface area contributed by atoms with Crippen LogP contribution < -0.4 is 11.1 Å². The number of halogens is 3. The lowest BCUT2D eigenvalue weighted by atomic mass is 10.0. The maximum atomic E-state index is 14.2. The van der Waals surface area contributed by atoms with Gasteiger partial charge in [-0.1, -0.05) is 18.2 Å². The monoisotopic (exact) mass is 482 g/mol. The molecule has 1 aliphatic heterocycles. The molecule has 0 spiro atoms. The molecule has 11 heteroatoms. The molecule has 4 aromatic rings. The number of hydrogen-bond donors (Lipinski definition) is 2. The van der Waals surface area contributed by atoms with Gasteiger partial charge in [0.1, 0.15) is 11.5 Å². The van der Waals surface area contributed by atoms with Gasteiger partial charge in [-0.3, -0.25) is 4.90 Å². The normalized spacial score (nSPS) is 15.2. The molecule has 0 amide bonds. The third-order valence-electron chi connectivity index (χ3n) is 6.16. The minimum Gasteiger partial charge on any atom is -0.382 e. The average Bonchev–Trinajstić information content (AvgIpc) is 3.21. The van der Waals surface area contributed by atoms with Gasteiger partial charge >= 0.3 is 0 Å². The van der Waals surface area contributed by atoms with Crippen LogP contribution in [-0.2, 0) is 6.54 Å². The van der Waals surface area contributed by atoms with E-state index in [-0.39, 0.29) is 30.8 Å². The molecular formula is C24H25F3N8. The molecular weight excluding hydrogens is 457 g/mol. The zero-order valence-corrected chi connectivity index (χ0v) is 18.9. The lowest BCUT2D eigenvalue weighted by Crippen LogP contribution is -2.41. The number of nitrogens with one attached hydrogen (secondary N) is 1. The van der Waals surface area contributed by atoms with Gasteiger partial charge in [-0.05, 0) is 31.0 Å². The number of nitrogens with two attached hydrogens (primary N) is 1. The predicted molar refractivity (Wildman–Crippen MR) is 128 cm³/mol. The van der Waals surface area contributed by atoms with Crippen LogP contribution >= 0.6 is 0 Å². The number of aromatic nitrogens is 5. The highest BCUT2D eigenvalue weighted by atomic mass is 19.3. The summed E-state index contributed by atoms with van der Waals surface area (Å²) in [4.78, 5) is 15.1. The van der Waals surface area contributed by atoms with Crippen molar-refractivity contribution in [3.05, 3.63) is 60.2 Å². The van der Waals surface area contributed by atoms with Crippen LogP contribution in [0.5, 0.6) is 0 Å². The largest absolute Gasteiger partial charge is 0.382 e. The molecule has 0 bridgehead atoms. The van der Waals surface area contributed by atoms with Crippen molar-refractivity contribution in [2.45, 2.75) is 31.9 Å². The van der Waals surface area contributed by atoms with Crippen molar-refractivity contribution in [3.8, 4) is 11.5 Å². The number of nitrogen functional groups attached to an aromatic ring is 1. The van der Waals surface area contributed by atoms with Crippen molar-refractivity contribution in [1.82, 2.24) is 29.6 Å². The van der Waals surface area contributed by atoms with Gasteiger partial charge in [0.15, 0.2) is 17.3 Å². The molecule has 0 saturated carbocycles. The van der Waals surface area contributed by atoms with Gasteiger partial charge in [0, 0.05) is 30.9 Å². The summed E-state index contributed by atoms with van der Waals surface area (Å²) in [6, 6.07) is 10.3. The lowest BCUT2D eigenvalue weighted by Gasteiger charge is -2.32. The number of piperidine rings is 1. The van der Waals surface area contributed by atoms with Gasteiger partial charge in [-0.15, -0.1) is 0 Å². The summed E-state index contributed by atoms with van der Waals surface area (Å²) < 4.78 is 41.1. The lowest BCUT2D eigenvalue weighted by molar-refractivity contribution is 0.0769. The van der Waals surface area contributed by atoms with Gasteiger partial charge in [-0.25, -0.2) is 32.8 Å². The zero-order valence-electron chi connectivity index (χ0n) is 18.9. The van der Waals surface area contributed by atoms with Crippen molar-refractivity contribution in [1.29, 1.82) is 0 Å². The molecule has 3 N–H and O–H groups in total. The van der Waals surface area contributed by atoms with Gasteiger partial charge in [-0.2, -0.15) is 5.10 Å². The van der Waals surface area contributed by atoms with Crippen LogP contribution in [0.3, 0.4) is 0 Å². The van der Waals surface area contributed by atoms with Crippen LogP contribution in [0.1, 0.15) is 18.4 Å². The van der Waals surface area contributed by atoms with Crippen LogP contribution in [0.4, 0.5) is 24.7 Å². The molecule has 35 heavy (non-hydrogen) atoms. The summed E-state index contributed by atoms with van der Waals surface area (Å²) in [5.41, 5.74) is 8.42. The maximum Gasteiger partial charge on any atom is 0.251 e. The van der Waals surface area contributed by atoms with Crippen molar-refractivity contribution >= 4 is 22.5 Å². The summed E-state index contributed by atoms with van der Waals surface area (Å²) in [5, 5.41) is 8.71. The van der Waals surface area contributed by atoms with Crippen molar-refractivity contribution in [2.24, 2.45) is 0 Å². The minimum absolute atomic E-state index is 0.102. The Kier molecular flexibility index (Phi) is 6.49. The molecule has 1 saturated heterocycles. The summed E-state index contributed by atoms with van der Waals surface area (Å²) >= 11 is 0. The highest BCUT2D eigenvalue weighted by Crippen LogP contribution is 2.28. The number of alkyl halides is 2. The molecule has 1 aliphatic rings. The average molecular weight is 483 g/mol. The molecule has 8 nitrogen and oxygen atoms in total. The first-order chi connectivity index (χ1) is 17.0. The van der Waals surface area contributed by atoms with Gasteiger partial charge < -0.3 is 11.1 Å². The zero-order chi connectivity index (χ0) is 24.4. The number of rotatable bonds is 7. The summed E-state index contributed by atoms with van der Waals surface area (Å²) in [7, 11) is 0. The second-order valence-corrected chi connectivity index (χ2v) is 8.58. The number of anilines is 2. The molecule has 3 aromatic heterocycles. The van der Waals surface area contributed by atoms with E-state index in [1.54, 1.807) is 46.2 Å². The smallest absolute Gasteiger partial charge is 0.251 e. The van der Waals surface area contributed by atoms with Crippen LogP contribution in [0, 0.1) is 5.82 Å². The molecule has 0 aliphatic carbocycles. The predicted octanol–water partition coefficient (Wildman–Crippen LogP) is 3.80. The minimum atomic E-state index is -2.32. The first kappa shape index (κ1) is 23.0. The SMILES string of the molecule is Nc1nc(-c2nn(Cc3ccccc3F)c3ncccc23)ncc1NC1CCN(CC(F)F)CC1. The fourth-order valence-corrected chi connectivity index (χ4v) is 4.37. The topological polar surface area (TPSA) is 97.8 Å². The van der Waals surface area contributed by atoms with Gasteiger partial charge in [0.25, 0.3) is 6.43 Å². The fourth-order valence-electron chi connectivity index (χ4n) is 4.37. The Bertz CT molecular complexity index is 1320. The third kappa shape index (κ3) is 5.04. The Hall–Kier alpha value is -3.73. The number of likely N-dealkylation sites (tertiary alicyclic amines) is 1. The van der Waals surface area contributed by atoms with E-state index in [4.69, 9.17) is 5.73 Å². The molecule has 1 fully saturated rings. The Morgan fingerprint density at radius 2 is 1.89 bits per heavy atom. The number of benzene rings is 1. The van der Waals surface area contributed by atoms with E-state index in [1.807, 2.05) is 6.07 Å². The summed E-state index contributed by atoms with van der Waals surface area (Å²) in [6.45, 7) is 1.21. The molecule has 0 radical (unpaired) electrons. The maximum absolute atomic E-state index is 14.2. The second kappa shape index (κ2) is 9.87. The third-order valence-corrected chi connectivity index (χ3v) is 6.16. The molecule has 0 unspecified atom stereocenters. The van der Waals surface area contributed by atoms with E-state index in [0.29, 0.717) is 41.5 Å². The van der Waals surface area contributed by atoms with E-state index in [9.17, 15) is 13.2 Å². The van der Waals surface area contributed by atoms with Crippen molar-refractivity contribution < 1.29 is 13.2 Å². The van der Waals surface area contributed by atoms with Gasteiger partial charge in [0.2, 0.25) is 0 Å². The molecule has 5 rings (SSSR count). The second-order valence-electron chi connectivity index (χ2n) is 8.58. The first-order valence-electron chi connectivity index (χ1n) is 11.4. The summed E-state index contributed by atoms with van der Waals surface area (Å²) in [6.07, 6.45) is 2.40. The quantitative estimate of drug-likeness (QED) is 0.414. The van der Waals surface area contributed by atoms with Crippen molar-refractivity contribution in [2.75, 3.05) is 30.7 Å². The van der Waals surface area contributed by atoms with Crippen LogP contribution in [-0.4, -0.2) is 61.7 Å². The van der Waals surface area contributed by atoms with Crippen LogP contribution in [0.2, 0.25) is 0 Å². The molecule has 1 aromatic carbocycles. The Labute approximate surface area is 200 Å². The first-order valence-corrected chi connectivity index (χ1v) is 11.4. The number of hydrogen-bond acceptors (Lipinski definition) is 7. The Balaban J connectivity index is 1.36. The molecule has 0 atom stereocenters. The van der Waals surface area contributed by atoms with Crippen LogP contribution in [0.15, 0.2) is 48.8 Å². The van der Waals surface area contributed by atoms with E-state index < -0.39 is 6.43 Å². The fraction of sp³-hybridized carbons (Fsp3) is 0.333. The van der Waals surface area contributed by atoms with E-state index in [2.05, 4.69) is 25.4 Å².